The molecule has 1 aliphatic heterocycles. The number of aromatic carboxylic acids is 1. The summed E-state index contributed by atoms with van der Waals surface area (Å²) in [6, 6.07) is 14.2. The molecule has 0 N–H and O–H groups in total. The smallest absolute Gasteiger partial charge is 0.253 e. The van der Waals surface area contributed by atoms with Crippen molar-refractivity contribution in [1.29, 1.82) is 0 Å². The van der Waals surface area contributed by atoms with Gasteiger partial charge in [-0.05, 0) is 42.3 Å². The predicted molar refractivity (Wildman–Crippen MR) is 90.1 cm³/mol. The van der Waals surface area contributed by atoms with Gasteiger partial charge in [-0.15, -0.1) is 0 Å². The molecule has 5 nitrogen and oxygen atoms in total. The van der Waals surface area contributed by atoms with Crippen molar-refractivity contribution < 1.29 is 14.7 Å². The van der Waals surface area contributed by atoms with Crippen LogP contribution in [0.2, 0.25) is 0 Å². The van der Waals surface area contributed by atoms with Crippen LogP contribution in [0.4, 0.5) is 5.69 Å². The quantitative estimate of drug-likeness (QED) is 0.855. The zero-order valence-electron chi connectivity index (χ0n) is 13.6. The second-order valence-electron chi connectivity index (χ2n) is 5.98. The van der Waals surface area contributed by atoms with Crippen LogP contribution in [-0.4, -0.2) is 43.0 Å². The molecule has 0 atom stereocenters. The van der Waals surface area contributed by atoms with Crippen LogP contribution in [0.25, 0.3) is 0 Å². The van der Waals surface area contributed by atoms with Crippen LogP contribution in [0.15, 0.2) is 48.5 Å². The van der Waals surface area contributed by atoms with Gasteiger partial charge in [-0.2, -0.15) is 0 Å². The van der Waals surface area contributed by atoms with Gasteiger partial charge in [-0.1, -0.05) is 24.3 Å². The number of nitrogens with zero attached hydrogens (tertiary/aromatic N) is 2. The van der Waals surface area contributed by atoms with Crippen molar-refractivity contribution >= 4 is 17.6 Å². The van der Waals surface area contributed by atoms with Gasteiger partial charge in [0.05, 0.1) is 5.97 Å². The molecule has 124 valence electrons. The largest absolute Gasteiger partial charge is 0.545 e. The molecule has 3 rings (SSSR count). The van der Waals surface area contributed by atoms with Gasteiger partial charge in [-0.25, -0.2) is 0 Å². The van der Waals surface area contributed by atoms with Gasteiger partial charge >= 0.3 is 0 Å². The standard InChI is InChI=1S/C19H20N2O3/c1-14-3-2-4-17(13-14)20-9-11-21(12-10-20)18(22)15-5-7-16(8-6-15)19(23)24/h2-8,13H,9-12H2,1H3,(H,23,24)/p-1. The lowest BCUT2D eigenvalue weighted by Crippen LogP contribution is -2.48. The van der Waals surface area contributed by atoms with E-state index in [-0.39, 0.29) is 11.5 Å². The van der Waals surface area contributed by atoms with Crippen molar-refractivity contribution in [2.24, 2.45) is 0 Å². The number of carboxylic acids is 1. The van der Waals surface area contributed by atoms with Gasteiger partial charge in [0.25, 0.3) is 5.91 Å². The number of benzene rings is 2. The van der Waals surface area contributed by atoms with Crippen LogP contribution in [0, 0.1) is 6.92 Å². The van der Waals surface area contributed by atoms with Crippen molar-refractivity contribution in [2.75, 3.05) is 31.1 Å². The highest BCUT2D eigenvalue weighted by Gasteiger charge is 2.22. The number of amides is 1. The van der Waals surface area contributed by atoms with Gasteiger partial charge in [0.2, 0.25) is 0 Å². The number of carboxylic acid groups (broad SMARTS) is 1. The van der Waals surface area contributed by atoms with Crippen LogP contribution in [0.5, 0.6) is 0 Å². The third-order valence-electron chi connectivity index (χ3n) is 4.30. The minimum Gasteiger partial charge on any atom is -0.545 e. The summed E-state index contributed by atoms with van der Waals surface area (Å²) >= 11 is 0. The molecule has 0 radical (unpaired) electrons. The fourth-order valence-corrected chi connectivity index (χ4v) is 2.92. The fourth-order valence-electron chi connectivity index (χ4n) is 2.92. The Balaban J connectivity index is 1.63. The van der Waals surface area contributed by atoms with Crippen molar-refractivity contribution in [3.8, 4) is 0 Å². The first-order valence-corrected chi connectivity index (χ1v) is 7.97. The molecule has 0 bridgehead atoms. The summed E-state index contributed by atoms with van der Waals surface area (Å²) in [6.45, 7) is 4.93. The molecule has 0 saturated carbocycles. The zero-order valence-corrected chi connectivity index (χ0v) is 13.6. The lowest BCUT2D eigenvalue weighted by molar-refractivity contribution is -0.255. The molecular weight excluding hydrogens is 304 g/mol. The first-order chi connectivity index (χ1) is 11.5. The monoisotopic (exact) mass is 323 g/mol. The van der Waals surface area contributed by atoms with Crippen LogP contribution in [0.3, 0.4) is 0 Å². The maximum absolute atomic E-state index is 12.5. The summed E-state index contributed by atoms with van der Waals surface area (Å²) < 4.78 is 0. The van der Waals surface area contributed by atoms with Crippen LogP contribution < -0.4 is 10.0 Å². The van der Waals surface area contributed by atoms with Gasteiger partial charge in [-0.3, -0.25) is 4.79 Å². The number of hydrogen-bond donors (Lipinski definition) is 0. The molecule has 1 heterocycles. The number of rotatable bonds is 3. The Morgan fingerprint density at radius 1 is 0.917 bits per heavy atom. The third kappa shape index (κ3) is 3.40. The SMILES string of the molecule is Cc1cccc(N2CCN(C(=O)c3ccc(C(=O)[O-])cc3)CC2)c1. The Morgan fingerprint density at radius 2 is 1.54 bits per heavy atom. The number of piperazine rings is 1. The van der Waals surface area contributed by atoms with E-state index in [4.69, 9.17) is 0 Å². The van der Waals surface area contributed by atoms with E-state index in [1.807, 2.05) is 6.07 Å². The molecule has 24 heavy (non-hydrogen) atoms. The Morgan fingerprint density at radius 3 is 2.12 bits per heavy atom. The number of carbonyl (C=O) groups excluding carboxylic acids is 2. The normalized spacial score (nSPS) is 14.5. The van der Waals surface area contributed by atoms with Gasteiger partial charge in [0, 0.05) is 37.4 Å². The predicted octanol–water partition coefficient (Wildman–Crippen LogP) is 1.32. The Bertz CT molecular complexity index is 747. The molecule has 2 aromatic rings. The summed E-state index contributed by atoms with van der Waals surface area (Å²) in [4.78, 5) is 27.4. The molecule has 2 aromatic carbocycles. The second-order valence-corrected chi connectivity index (χ2v) is 5.98. The molecule has 0 unspecified atom stereocenters. The molecule has 1 aliphatic rings. The second kappa shape index (κ2) is 6.74. The van der Waals surface area contributed by atoms with Crippen molar-refractivity contribution in [3.05, 3.63) is 65.2 Å². The van der Waals surface area contributed by atoms with E-state index in [1.165, 1.54) is 23.4 Å². The highest BCUT2D eigenvalue weighted by molar-refractivity contribution is 5.95. The maximum atomic E-state index is 12.5. The number of aryl methyl sites for hydroxylation is 1. The number of hydrogen-bond acceptors (Lipinski definition) is 4. The van der Waals surface area contributed by atoms with Crippen molar-refractivity contribution in [1.82, 2.24) is 4.90 Å². The van der Waals surface area contributed by atoms with Gasteiger partial charge in [0.1, 0.15) is 0 Å². The minimum absolute atomic E-state index is 0.0659. The summed E-state index contributed by atoms with van der Waals surface area (Å²) in [5, 5.41) is 10.8. The van der Waals surface area contributed by atoms with Crippen LogP contribution >= 0.6 is 0 Å². The summed E-state index contributed by atoms with van der Waals surface area (Å²) in [7, 11) is 0. The van der Waals surface area contributed by atoms with Gasteiger partial charge in [0.15, 0.2) is 0 Å². The van der Waals surface area contributed by atoms with E-state index in [2.05, 4.69) is 30.0 Å². The molecule has 0 spiro atoms. The Hall–Kier alpha value is -2.82. The van der Waals surface area contributed by atoms with E-state index in [1.54, 1.807) is 17.0 Å². The lowest BCUT2D eigenvalue weighted by Gasteiger charge is -2.36. The molecule has 1 fully saturated rings. The third-order valence-corrected chi connectivity index (χ3v) is 4.30. The summed E-state index contributed by atoms with van der Waals surface area (Å²) in [5.74, 6) is -1.30. The average Bonchev–Trinajstić information content (AvgIpc) is 2.61. The van der Waals surface area contributed by atoms with E-state index in [0.29, 0.717) is 18.7 Å². The molecule has 0 aromatic heterocycles. The van der Waals surface area contributed by atoms with Crippen LogP contribution in [-0.2, 0) is 0 Å². The summed E-state index contributed by atoms with van der Waals surface area (Å²) in [5.41, 5.74) is 2.99. The first kappa shape index (κ1) is 16.1. The molecule has 1 saturated heterocycles. The zero-order chi connectivity index (χ0) is 17.1. The first-order valence-electron chi connectivity index (χ1n) is 7.97. The molecule has 0 aliphatic carbocycles. The topological polar surface area (TPSA) is 63.7 Å². The molecule has 5 heteroatoms. The summed E-state index contributed by atoms with van der Waals surface area (Å²) in [6.07, 6.45) is 0. The fraction of sp³-hybridized carbons (Fsp3) is 0.263. The van der Waals surface area contributed by atoms with E-state index >= 15 is 0 Å². The molecule has 1 amide bonds. The number of anilines is 1. The Kier molecular flexibility index (Phi) is 4.51. The highest BCUT2D eigenvalue weighted by Crippen LogP contribution is 2.18. The molecular formula is C19H19N2O3-. The number of carbonyl (C=O) groups is 2. The van der Waals surface area contributed by atoms with E-state index in [9.17, 15) is 14.7 Å². The van der Waals surface area contributed by atoms with Crippen LogP contribution in [0.1, 0.15) is 26.3 Å². The van der Waals surface area contributed by atoms with Crippen molar-refractivity contribution in [3.63, 3.8) is 0 Å². The maximum Gasteiger partial charge on any atom is 0.253 e. The van der Waals surface area contributed by atoms with Crippen molar-refractivity contribution in [2.45, 2.75) is 6.92 Å². The Labute approximate surface area is 141 Å². The average molecular weight is 323 g/mol. The van der Waals surface area contributed by atoms with Gasteiger partial charge < -0.3 is 19.7 Å². The highest BCUT2D eigenvalue weighted by atomic mass is 16.4. The lowest BCUT2D eigenvalue weighted by atomic mass is 10.1. The van der Waals surface area contributed by atoms with E-state index in [0.717, 1.165) is 13.1 Å². The van der Waals surface area contributed by atoms with E-state index < -0.39 is 5.97 Å². The minimum atomic E-state index is -1.24.